The smallest absolute Gasteiger partial charge is 0.317 e. The van der Waals surface area contributed by atoms with Gasteiger partial charge >= 0.3 is 6.03 Å². The molecule has 0 unspecified atom stereocenters. The molecular weight excluding hydrogens is 264 g/mol. The molecule has 0 bridgehead atoms. The SMILES string of the molecule is CSCCCCCNC(=O)N1CCSCC[C@@H]1C. The minimum atomic E-state index is 0.134. The molecule has 1 fully saturated rings. The van der Waals surface area contributed by atoms with E-state index in [4.69, 9.17) is 0 Å². The first kappa shape index (κ1) is 16.0. The zero-order valence-electron chi connectivity index (χ0n) is 11.6. The number of nitrogens with one attached hydrogen (secondary N) is 1. The van der Waals surface area contributed by atoms with Crippen molar-refractivity contribution in [3.8, 4) is 0 Å². The molecule has 3 nitrogen and oxygen atoms in total. The van der Waals surface area contributed by atoms with Gasteiger partial charge in [-0.1, -0.05) is 6.42 Å². The Morgan fingerprint density at radius 3 is 3.00 bits per heavy atom. The largest absolute Gasteiger partial charge is 0.338 e. The molecule has 1 atom stereocenters. The standard InChI is InChI=1S/C13H26N2OS2/c1-12-6-10-18-11-8-15(12)13(16)14-7-4-3-5-9-17-2/h12H,3-11H2,1-2H3,(H,14,16)/t12-/m0/s1. The summed E-state index contributed by atoms with van der Waals surface area (Å²) in [5, 5.41) is 3.06. The first-order valence-electron chi connectivity index (χ1n) is 6.87. The molecule has 106 valence electrons. The maximum absolute atomic E-state index is 12.1. The molecule has 0 aliphatic carbocycles. The number of nitrogens with zero attached hydrogens (tertiary/aromatic N) is 1. The lowest BCUT2D eigenvalue weighted by Crippen LogP contribution is -2.45. The number of hydrogen-bond donors (Lipinski definition) is 1. The Labute approximate surface area is 120 Å². The molecule has 1 aliphatic heterocycles. The Morgan fingerprint density at radius 2 is 2.22 bits per heavy atom. The van der Waals surface area contributed by atoms with Crippen molar-refractivity contribution < 1.29 is 4.79 Å². The van der Waals surface area contributed by atoms with E-state index in [1.807, 2.05) is 28.4 Å². The zero-order valence-corrected chi connectivity index (χ0v) is 13.2. The second-order valence-electron chi connectivity index (χ2n) is 4.73. The molecule has 2 amide bonds. The Morgan fingerprint density at radius 1 is 1.39 bits per heavy atom. The van der Waals surface area contributed by atoms with Crippen molar-refractivity contribution in [2.24, 2.45) is 0 Å². The Kier molecular flexibility index (Phi) is 8.76. The average molecular weight is 290 g/mol. The van der Waals surface area contributed by atoms with Crippen molar-refractivity contribution >= 4 is 29.6 Å². The number of rotatable bonds is 6. The normalized spacial score (nSPS) is 20.6. The summed E-state index contributed by atoms with van der Waals surface area (Å²) in [5.41, 5.74) is 0. The van der Waals surface area contributed by atoms with Crippen LogP contribution in [0.15, 0.2) is 0 Å². The van der Waals surface area contributed by atoms with Gasteiger partial charge in [0.15, 0.2) is 0 Å². The summed E-state index contributed by atoms with van der Waals surface area (Å²) in [5.74, 6) is 3.49. The molecule has 1 N–H and O–H groups in total. The first-order chi connectivity index (χ1) is 8.75. The number of urea groups is 1. The van der Waals surface area contributed by atoms with Crippen LogP contribution in [0.3, 0.4) is 0 Å². The van der Waals surface area contributed by atoms with Crippen LogP contribution in [-0.4, -0.2) is 53.6 Å². The van der Waals surface area contributed by atoms with Gasteiger partial charge in [-0.25, -0.2) is 4.79 Å². The Hall–Kier alpha value is -0.0300. The van der Waals surface area contributed by atoms with Crippen molar-refractivity contribution in [2.45, 2.75) is 38.6 Å². The zero-order chi connectivity index (χ0) is 13.2. The van der Waals surface area contributed by atoms with Crippen LogP contribution in [0, 0.1) is 0 Å². The summed E-state index contributed by atoms with van der Waals surface area (Å²) in [6.45, 7) is 3.87. The number of hydrogen-bond acceptors (Lipinski definition) is 3. The van der Waals surface area contributed by atoms with E-state index in [0.717, 1.165) is 31.7 Å². The third-order valence-corrected chi connectivity index (χ3v) is 4.94. The summed E-state index contributed by atoms with van der Waals surface area (Å²) in [4.78, 5) is 14.1. The van der Waals surface area contributed by atoms with E-state index < -0.39 is 0 Å². The second-order valence-corrected chi connectivity index (χ2v) is 6.94. The molecule has 0 aromatic carbocycles. The van der Waals surface area contributed by atoms with Gasteiger partial charge in [0.05, 0.1) is 0 Å². The van der Waals surface area contributed by atoms with E-state index in [0.29, 0.717) is 6.04 Å². The number of thioether (sulfide) groups is 2. The van der Waals surface area contributed by atoms with E-state index in [-0.39, 0.29) is 6.03 Å². The van der Waals surface area contributed by atoms with Gasteiger partial charge < -0.3 is 10.2 Å². The highest BCUT2D eigenvalue weighted by Gasteiger charge is 2.21. The fourth-order valence-electron chi connectivity index (χ4n) is 2.04. The molecule has 0 radical (unpaired) electrons. The lowest BCUT2D eigenvalue weighted by Gasteiger charge is -2.27. The second kappa shape index (κ2) is 9.84. The maximum Gasteiger partial charge on any atom is 0.317 e. The first-order valence-corrected chi connectivity index (χ1v) is 9.41. The van der Waals surface area contributed by atoms with Crippen LogP contribution in [0.1, 0.15) is 32.6 Å². The molecule has 1 heterocycles. The van der Waals surface area contributed by atoms with Crippen LogP contribution in [0.5, 0.6) is 0 Å². The topological polar surface area (TPSA) is 32.3 Å². The van der Waals surface area contributed by atoms with E-state index in [2.05, 4.69) is 18.5 Å². The van der Waals surface area contributed by atoms with Crippen LogP contribution < -0.4 is 5.32 Å². The summed E-state index contributed by atoms with van der Waals surface area (Å²) >= 11 is 3.85. The van der Waals surface area contributed by atoms with Gasteiger partial charge in [0.25, 0.3) is 0 Å². The fraction of sp³-hybridized carbons (Fsp3) is 0.923. The number of unbranched alkanes of at least 4 members (excludes halogenated alkanes) is 2. The summed E-state index contributed by atoms with van der Waals surface area (Å²) in [6, 6.07) is 0.520. The molecule has 0 aromatic rings. The van der Waals surface area contributed by atoms with E-state index in [1.54, 1.807) is 0 Å². The van der Waals surface area contributed by atoms with Crippen molar-refractivity contribution in [3.63, 3.8) is 0 Å². The predicted molar refractivity (Wildman–Crippen MR) is 83.7 cm³/mol. The van der Waals surface area contributed by atoms with Gasteiger partial charge in [0.2, 0.25) is 0 Å². The number of carbonyl (C=O) groups excluding carboxylic acids is 1. The molecule has 1 aliphatic rings. The van der Waals surface area contributed by atoms with Gasteiger partial charge in [0.1, 0.15) is 0 Å². The monoisotopic (exact) mass is 290 g/mol. The quantitative estimate of drug-likeness (QED) is 0.763. The highest BCUT2D eigenvalue weighted by atomic mass is 32.2. The van der Waals surface area contributed by atoms with Crippen molar-refractivity contribution in [3.05, 3.63) is 0 Å². The van der Waals surface area contributed by atoms with E-state index >= 15 is 0 Å². The molecule has 0 saturated carbocycles. The van der Waals surface area contributed by atoms with E-state index in [1.165, 1.54) is 24.3 Å². The van der Waals surface area contributed by atoms with Crippen molar-refractivity contribution in [2.75, 3.05) is 36.6 Å². The van der Waals surface area contributed by atoms with Gasteiger partial charge in [-0.15, -0.1) is 0 Å². The lowest BCUT2D eigenvalue weighted by atomic mass is 10.2. The average Bonchev–Trinajstić information content (AvgIpc) is 2.58. The van der Waals surface area contributed by atoms with Crippen LogP contribution in [0.25, 0.3) is 0 Å². The summed E-state index contributed by atoms with van der Waals surface area (Å²) < 4.78 is 0. The van der Waals surface area contributed by atoms with Gasteiger partial charge in [-0.3, -0.25) is 0 Å². The molecule has 18 heavy (non-hydrogen) atoms. The molecule has 0 spiro atoms. The van der Waals surface area contributed by atoms with Crippen LogP contribution >= 0.6 is 23.5 Å². The van der Waals surface area contributed by atoms with Gasteiger partial charge in [-0.2, -0.15) is 23.5 Å². The van der Waals surface area contributed by atoms with E-state index in [9.17, 15) is 4.79 Å². The summed E-state index contributed by atoms with van der Waals surface area (Å²) in [7, 11) is 0. The lowest BCUT2D eigenvalue weighted by molar-refractivity contribution is 0.183. The molecule has 0 aromatic heterocycles. The summed E-state index contributed by atoms with van der Waals surface area (Å²) in [6.07, 6.45) is 6.83. The van der Waals surface area contributed by atoms with Crippen LogP contribution in [-0.2, 0) is 0 Å². The molecule has 1 saturated heterocycles. The van der Waals surface area contributed by atoms with Crippen molar-refractivity contribution in [1.82, 2.24) is 10.2 Å². The predicted octanol–water partition coefficient (Wildman–Crippen LogP) is 3.06. The molecular formula is C13H26N2OS2. The highest BCUT2D eigenvalue weighted by molar-refractivity contribution is 7.99. The molecule has 5 heteroatoms. The Balaban J connectivity index is 2.14. The fourth-order valence-corrected chi connectivity index (χ4v) is 3.57. The van der Waals surface area contributed by atoms with Gasteiger partial charge in [0, 0.05) is 24.9 Å². The van der Waals surface area contributed by atoms with Crippen molar-refractivity contribution in [1.29, 1.82) is 0 Å². The highest BCUT2D eigenvalue weighted by Crippen LogP contribution is 2.15. The van der Waals surface area contributed by atoms with Crippen LogP contribution in [0.4, 0.5) is 4.79 Å². The molecule has 1 rings (SSSR count). The van der Waals surface area contributed by atoms with Crippen LogP contribution in [0.2, 0.25) is 0 Å². The minimum absolute atomic E-state index is 0.134. The minimum Gasteiger partial charge on any atom is -0.338 e. The number of carbonyl (C=O) groups is 1. The Bertz CT molecular complexity index is 239. The third-order valence-electron chi connectivity index (χ3n) is 3.25. The number of amides is 2. The maximum atomic E-state index is 12.1. The van der Waals surface area contributed by atoms with Gasteiger partial charge in [-0.05, 0) is 43.9 Å². The third kappa shape index (κ3) is 6.23.